The van der Waals surface area contributed by atoms with Gasteiger partial charge in [0.2, 0.25) is 11.7 Å². The molecule has 3 fully saturated rings. The van der Waals surface area contributed by atoms with E-state index in [-0.39, 0.29) is 60.0 Å². The molecule has 0 aromatic rings. The van der Waals surface area contributed by atoms with E-state index in [1.165, 1.54) is 0 Å². The third-order valence-electron chi connectivity index (χ3n) is 9.18. The third-order valence-corrected chi connectivity index (χ3v) is 9.18. The molecule has 1 aliphatic carbocycles. The van der Waals surface area contributed by atoms with Crippen molar-refractivity contribution in [1.29, 1.82) is 0 Å². The maximum Gasteiger partial charge on any atom is 0.307 e. The molecule has 1 amide bonds. The average molecular weight is 546 g/mol. The van der Waals surface area contributed by atoms with Crippen molar-refractivity contribution in [3.05, 3.63) is 0 Å². The van der Waals surface area contributed by atoms with Crippen LogP contribution in [0.15, 0.2) is 0 Å². The number of carbonyl (C=O) groups is 5. The molecule has 7 nitrogen and oxygen atoms in total. The van der Waals surface area contributed by atoms with Crippen LogP contribution in [-0.4, -0.2) is 52.3 Å². The monoisotopic (exact) mass is 545 g/mol. The fourth-order valence-electron chi connectivity index (χ4n) is 6.95. The Labute approximate surface area is 235 Å². The Hall–Kier alpha value is -2.05. The lowest BCUT2D eigenvalue weighted by Gasteiger charge is -2.33. The van der Waals surface area contributed by atoms with E-state index >= 15 is 0 Å². The molecule has 39 heavy (non-hydrogen) atoms. The summed E-state index contributed by atoms with van der Waals surface area (Å²) in [6.07, 6.45) is 8.82. The quantitative estimate of drug-likeness (QED) is 0.306. The third kappa shape index (κ3) is 8.00. The molecule has 220 valence electrons. The van der Waals surface area contributed by atoms with E-state index in [1.807, 2.05) is 27.7 Å². The smallest absolute Gasteiger partial charge is 0.307 e. The first kappa shape index (κ1) is 31.5. The average Bonchev–Trinajstić information content (AvgIpc) is 3.16. The number of fused-ring (bicyclic) bond motifs is 3. The van der Waals surface area contributed by atoms with Crippen LogP contribution in [0.4, 0.5) is 0 Å². The number of nitrogens with zero attached hydrogens (tertiary/aromatic N) is 1. The van der Waals surface area contributed by atoms with Gasteiger partial charge in [0.15, 0.2) is 11.6 Å². The first-order valence-electron chi connectivity index (χ1n) is 15.4. The van der Waals surface area contributed by atoms with Gasteiger partial charge in [-0.05, 0) is 57.3 Å². The Bertz CT molecular complexity index is 931. The second-order valence-electron chi connectivity index (χ2n) is 13.8. The highest BCUT2D eigenvalue weighted by molar-refractivity contribution is 6.38. The number of hydrogen-bond donors (Lipinski definition) is 0. The summed E-state index contributed by atoms with van der Waals surface area (Å²) >= 11 is 0. The molecule has 1 saturated carbocycles. The van der Waals surface area contributed by atoms with Crippen molar-refractivity contribution >= 4 is 29.2 Å². The van der Waals surface area contributed by atoms with E-state index in [2.05, 4.69) is 13.8 Å². The molecule has 3 rings (SSSR count). The van der Waals surface area contributed by atoms with E-state index < -0.39 is 29.3 Å². The Morgan fingerprint density at radius 1 is 0.949 bits per heavy atom. The Morgan fingerprint density at radius 3 is 2.13 bits per heavy atom. The summed E-state index contributed by atoms with van der Waals surface area (Å²) in [6, 6.07) is -0.594. The normalized spacial score (nSPS) is 30.3. The zero-order chi connectivity index (χ0) is 29.0. The summed E-state index contributed by atoms with van der Waals surface area (Å²) < 4.78 is 5.56. The largest absolute Gasteiger partial charge is 0.460 e. The molecule has 0 bridgehead atoms. The van der Waals surface area contributed by atoms with Crippen molar-refractivity contribution < 1.29 is 28.7 Å². The molecule has 2 saturated heterocycles. The van der Waals surface area contributed by atoms with Gasteiger partial charge in [-0.15, -0.1) is 0 Å². The van der Waals surface area contributed by atoms with Gasteiger partial charge in [-0.1, -0.05) is 65.7 Å². The summed E-state index contributed by atoms with van der Waals surface area (Å²) in [5, 5.41) is 0. The maximum atomic E-state index is 14.0. The van der Waals surface area contributed by atoms with E-state index in [1.54, 1.807) is 4.90 Å². The summed E-state index contributed by atoms with van der Waals surface area (Å²) in [7, 11) is 0. The van der Waals surface area contributed by atoms with Gasteiger partial charge in [0.1, 0.15) is 5.60 Å². The van der Waals surface area contributed by atoms with Crippen molar-refractivity contribution in [3.63, 3.8) is 0 Å². The molecule has 0 aromatic heterocycles. The summed E-state index contributed by atoms with van der Waals surface area (Å²) in [6.45, 7) is 12.1. The van der Waals surface area contributed by atoms with Crippen molar-refractivity contribution in [2.75, 3.05) is 6.54 Å². The second-order valence-corrected chi connectivity index (χ2v) is 13.8. The van der Waals surface area contributed by atoms with E-state index in [0.29, 0.717) is 25.8 Å². The van der Waals surface area contributed by atoms with Crippen LogP contribution in [0.2, 0.25) is 0 Å². The van der Waals surface area contributed by atoms with Gasteiger partial charge in [0.25, 0.3) is 0 Å². The van der Waals surface area contributed by atoms with Crippen LogP contribution in [0.25, 0.3) is 0 Å². The van der Waals surface area contributed by atoms with Gasteiger partial charge in [0.05, 0.1) is 12.5 Å². The highest BCUT2D eigenvalue weighted by Crippen LogP contribution is 2.65. The molecule has 0 aromatic carbocycles. The molecular weight excluding hydrogens is 494 g/mol. The number of ether oxygens (including phenoxy) is 1. The van der Waals surface area contributed by atoms with Crippen LogP contribution < -0.4 is 0 Å². The lowest BCUT2D eigenvalue weighted by Crippen LogP contribution is -2.49. The molecule has 0 radical (unpaired) electrons. The van der Waals surface area contributed by atoms with Crippen LogP contribution >= 0.6 is 0 Å². The lowest BCUT2D eigenvalue weighted by molar-refractivity contribution is -0.159. The van der Waals surface area contributed by atoms with Crippen molar-refractivity contribution in [2.45, 2.75) is 137 Å². The van der Waals surface area contributed by atoms with E-state index in [9.17, 15) is 24.0 Å². The number of amides is 1. The highest BCUT2D eigenvalue weighted by atomic mass is 16.6. The van der Waals surface area contributed by atoms with Crippen LogP contribution in [-0.2, 0) is 28.7 Å². The van der Waals surface area contributed by atoms with E-state index in [4.69, 9.17) is 4.74 Å². The molecule has 0 unspecified atom stereocenters. The first-order valence-corrected chi connectivity index (χ1v) is 15.4. The molecular formula is C32H51NO6. The zero-order valence-electron chi connectivity index (χ0n) is 25.2. The first-order chi connectivity index (χ1) is 18.3. The summed E-state index contributed by atoms with van der Waals surface area (Å²) in [5.41, 5.74) is -0.677. The fraction of sp³-hybridized carbons (Fsp3) is 0.844. The number of hydrogen-bond acceptors (Lipinski definition) is 6. The fourth-order valence-corrected chi connectivity index (χ4v) is 6.95. The lowest BCUT2D eigenvalue weighted by atomic mass is 9.85. The van der Waals surface area contributed by atoms with Crippen LogP contribution in [0, 0.1) is 29.1 Å². The number of esters is 1. The van der Waals surface area contributed by atoms with Gasteiger partial charge >= 0.3 is 5.97 Å². The summed E-state index contributed by atoms with van der Waals surface area (Å²) in [5.74, 6) is -2.28. The maximum absolute atomic E-state index is 14.0. The van der Waals surface area contributed by atoms with Crippen molar-refractivity contribution in [2.24, 2.45) is 29.1 Å². The molecule has 0 spiro atoms. The highest BCUT2D eigenvalue weighted by Gasteiger charge is 2.69. The minimum absolute atomic E-state index is 0.0127. The van der Waals surface area contributed by atoms with Crippen LogP contribution in [0.3, 0.4) is 0 Å². The van der Waals surface area contributed by atoms with Gasteiger partial charge in [0, 0.05) is 31.2 Å². The topological polar surface area (TPSA) is 97.8 Å². The molecule has 3 aliphatic rings. The predicted octanol–water partition coefficient (Wildman–Crippen LogP) is 5.86. The van der Waals surface area contributed by atoms with E-state index in [0.717, 1.165) is 44.9 Å². The number of ketones is 3. The van der Waals surface area contributed by atoms with Gasteiger partial charge in [-0.3, -0.25) is 24.0 Å². The van der Waals surface area contributed by atoms with Crippen LogP contribution in [0.1, 0.15) is 125 Å². The number of carbonyl (C=O) groups excluding carboxylic acids is 5. The molecule has 5 atom stereocenters. The molecule has 2 aliphatic heterocycles. The number of Topliss-reactive ketones (excluding diaryl/α,β-unsaturated/α-hetero) is 3. The SMILES string of the molecule is CCCC(=O)C(=O)[C@@H]1CCCCCCCCC[C@H](CC(=O)OC(C)(C)C)C(=O)N2C[C@H]3[C@@H]([C@H]2C(=O)C1)C3(C)C. The summed E-state index contributed by atoms with van der Waals surface area (Å²) in [4.78, 5) is 68.1. The van der Waals surface area contributed by atoms with Crippen molar-refractivity contribution in [1.82, 2.24) is 4.90 Å². The molecule has 7 heteroatoms. The number of piperidine rings is 1. The minimum atomic E-state index is -0.632. The standard InChI is InChI=1S/C32H51NO6/c1-7-15-24(34)29(37)21-16-13-11-9-8-10-12-14-17-22(19-26(36)39-31(2,3)4)30(38)33-20-23-27(32(23,5)6)28(33)25(35)18-21/h21-23,27-28H,7-20H2,1-6H3/t21-,22-,23+,27+,28-/m1/s1. The van der Waals surface area contributed by atoms with Crippen LogP contribution in [0.5, 0.6) is 0 Å². The second kappa shape index (κ2) is 13.1. The number of rotatable bonds is 6. The van der Waals surface area contributed by atoms with Gasteiger partial charge < -0.3 is 9.64 Å². The Kier molecular flexibility index (Phi) is 10.6. The molecule has 2 heterocycles. The zero-order valence-corrected chi connectivity index (χ0v) is 25.2. The minimum Gasteiger partial charge on any atom is -0.460 e. The Balaban J connectivity index is 1.87. The van der Waals surface area contributed by atoms with Gasteiger partial charge in [-0.2, -0.15) is 0 Å². The Morgan fingerprint density at radius 2 is 1.54 bits per heavy atom. The molecule has 0 N–H and O–H groups in total. The van der Waals surface area contributed by atoms with Crippen molar-refractivity contribution in [3.8, 4) is 0 Å². The van der Waals surface area contributed by atoms with Gasteiger partial charge in [-0.25, -0.2) is 0 Å². The predicted molar refractivity (Wildman–Crippen MR) is 150 cm³/mol.